The lowest BCUT2D eigenvalue weighted by Crippen LogP contribution is -2.25. The van der Waals surface area contributed by atoms with Gasteiger partial charge in [0.25, 0.3) is 0 Å². The first kappa shape index (κ1) is 20.2. The second-order valence-corrected chi connectivity index (χ2v) is 7.71. The largest absolute Gasteiger partial charge is 0.493 e. The van der Waals surface area contributed by atoms with Gasteiger partial charge in [0.2, 0.25) is 5.91 Å². The number of carbonyl (C=O) groups is 1. The number of methoxy groups -OCH3 is 1. The Morgan fingerprint density at radius 3 is 2.70 bits per heavy atom. The molecule has 0 bridgehead atoms. The van der Waals surface area contributed by atoms with Crippen LogP contribution in [0.25, 0.3) is 5.82 Å². The highest BCUT2D eigenvalue weighted by Gasteiger charge is 2.35. The van der Waals surface area contributed by atoms with Crippen molar-refractivity contribution in [2.75, 3.05) is 12.4 Å². The molecule has 3 aromatic rings. The van der Waals surface area contributed by atoms with Crippen LogP contribution in [-0.4, -0.2) is 39.1 Å². The molecule has 30 heavy (non-hydrogen) atoms. The van der Waals surface area contributed by atoms with Gasteiger partial charge in [-0.1, -0.05) is 23.7 Å². The summed E-state index contributed by atoms with van der Waals surface area (Å²) in [4.78, 5) is 12.7. The molecule has 1 amide bonds. The number of para-hydroxylation sites is 1. The Hall–Kier alpha value is -3.13. The van der Waals surface area contributed by atoms with Gasteiger partial charge in [0.15, 0.2) is 22.5 Å². The van der Waals surface area contributed by atoms with E-state index in [2.05, 4.69) is 20.6 Å². The number of amides is 1. The lowest BCUT2D eigenvalue weighted by Gasteiger charge is -2.27. The van der Waals surface area contributed by atoms with E-state index in [1.165, 1.54) is 0 Å². The van der Waals surface area contributed by atoms with Crippen molar-refractivity contribution in [2.45, 2.75) is 39.2 Å². The number of nitrogens with one attached hydrogen (secondary N) is 1. The van der Waals surface area contributed by atoms with Crippen molar-refractivity contribution < 1.29 is 14.3 Å². The van der Waals surface area contributed by atoms with Gasteiger partial charge < -0.3 is 14.8 Å². The van der Waals surface area contributed by atoms with Gasteiger partial charge in [0.05, 0.1) is 18.9 Å². The first-order valence-corrected chi connectivity index (χ1v) is 9.99. The maximum atomic E-state index is 12.7. The highest BCUT2D eigenvalue weighted by atomic mass is 35.5. The second kappa shape index (κ2) is 7.95. The number of anilines is 1. The number of fused-ring (bicyclic) bond motifs is 1. The lowest BCUT2D eigenvalue weighted by molar-refractivity contribution is -0.116. The van der Waals surface area contributed by atoms with Crippen LogP contribution in [0, 0.1) is 6.92 Å². The van der Waals surface area contributed by atoms with Crippen molar-refractivity contribution in [3.05, 3.63) is 52.3 Å². The molecule has 8 nitrogen and oxygen atoms in total. The lowest BCUT2D eigenvalue weighted by atomic mass is 9.85. The zero-order valence-electron chi connectivity index (χ0n) is 17.1. The van der Waals surface area contributed by atoms with Gasteiger partial charge in [-0.3, -0.25) is 4.79 Å². The number of hydrogen-bond acceptors (Lipinski definition) is 6. The molecular formula is C21H22ClN5O3. The average Bonchev–Trinajstić information content (AvgIpc) is 3.04. The zero-order valence-corrected chi connectivity index (χ0v) is 17.9. The van der Waals surface area contributed by atoms with E-state index in [9.17, 15) is 4.79 Å². The van der Waals surface area contributed by atoms with Gasteiger partial charge in [-0.15, -0.1) is 10.2 Å². The Balaban J connectivity index is 1.88. The van der Waals surface area contributed by atoms with Crippen LogP contribution in [0.15, 0.2) is 30.3 Å². The van der Waals surface area contributed by atoms with Crippen LogP contribution < -0.4 is 14.8 Å². The average molecular weight is 428 g/mol. The van der Waals surface area contributed by atoms with E-state index >= 15 is 0 Å². The minimum atomic E-state index is -0.244. The molecule has 4 rings (SSSR count). The fourth-order valence-corrected chi connectivity index (χ4v) is 3.83. The Bertz CT molecular complexity index is 1090. The van der Waals surface area contributed by atoms with Gasteiger partial charge in [-0.25, -0.2) is 0 Å². The van der Waals surface area contributed by atoms with Crippen LogP contribution in [0.3, 0.4) is 0 Å². The fourth-order valence-electron chi connectivity index (χ4n) is 3.73. The molecule has 1 aliphatic heterocycles. The Labute approximate surface area is 179 Å². The van der Waals surface area contributed by atoms with Gasteiger partial charge in [0, 0.05) is 23.5 Å². The quantitative estimate of drug-likeness (QED) is 0.664. The highest BCUT2D eigenvalue weighted by molar-refractivity contribution is 6.29. The maximum Gasteiger partial charge on any atom is 0.226 e. The molecule has 156 valence electrons. The summed E-state index contributed by atoms with van der Waals surface area (Å²) >= 11 is 5.86. The van der Waals surface area contributed by atoms with Crippen molar-refractivity contribution in [2.24, 2.45) is 0 Å². The van der Waals surface area contributed by atoms with Crippen LogP contribution in [0.4, 0.5) is 5.82 Å². The molecule has 0 spiro atoms. The minimum Gasteiger partial charge on any atom is -0.493 e. The monoisotopic (exact) mass is 427 g/mol. The molecule has 1 atom stereocenters. The molecule has 0 unspecified atom stereocenters. The van der Waals surface area contributed by atoms with E-state index < -0.39 is 0 Å². The van der Waals surface area contributed by atoms with E-state index in [1.54, 1.807) is 23.9 Å². The molecule has 1 aliphatic rings. The third-order valence-electron chi connectivity index (χ3n) is 4.90. The topological polar surface area (TPSA) is 91.2 Å². The van der Waals surface area contributed by atoms with Gasteiger partial charge in [-0.2, -0.15) is 9.78 Å². The number of ether oxygens (including phenoxy) is 2. The predicted octanol–water partition coefficient (Wildman–Crippen LogP) is 3.89. The van der Waals surface area contributed by atoms with Crippen LogP contribution in [-0.2, 0) is 4.79 Å². The molecule has 0 saturated carbocycles. The molecule has 0 aliphatic carbocycles. The van der Waals surface area contributed by atoms with E-state index in [0.29, 0.717) is 23.1 Å². The normalized spacial score (nSPS) is 15.7. The summed E-state index contributed by atoms with van der Waals surface area (Å²) in [7, 11) is 1.60. The minimum absolute atomic E-state index is 0.0508. The molecule has 1 N–H and O–H groups in total. The number of nitrogens with zero attached hydrogens (tertiary/aromatic N) is 4. The first-order valence-electron chi connectivity index (χ1n) is 9.61. The third kappa shape index (κ3) is 3.59. The smallest absolute Gasteiger partial charge is 0.226 e. The number of halogens is 1. The van der Waals surface area contributed by atoms with Crippen LogP contribution >= 0.6 is 11.6 Å². The number of benzene rings is 1. The SMILES string of the molecule is COc1cccc([C@H]2CC(=O)Nc3c2c(C)nn3-c2ccc(Cl)nn2)c1OC(C)C. The maximum absolute atomic E-state index is 12.7. The molecule has 3 heterocycles. The van der Waals surface area contributed by atoms with Crippen molar-refractivity contribution in [3.8, 4) is 17.3 Å². The third-order valence-corrected chi connectivity index (χ3v) is 5.10. The Morgan fingerprint density at radius 2 is 2.03 bits per heavy atom. The summed E-state index contributed by atoms with van der Waals surface area (Å²) in [5.74, 6) is 1.94. The van der Waals surface area contributed by atoms with Crippen LogP contribution in [0.2, 0.25) is 5.15 Å². The van der Waals surface area contributed by atoms with Crippen molar-refractivity contribution in [1.82, 2.24) is 20.0 Å². The summed E-state index contributed by atoms with van der Waals surface area (Å²) in [6.07, 6.45) is 0.220. The molecule has 9 heteroatoms. The first-order chi connectivity index (χ1) is 14.4. The van der Waals surface area contributed by atoms with Crippen molar-refractivity contribution in [1.29, 1.82) is 0 Å². The number of aryl methyl sites for hydroxylation is 1. The molecule has 0 saturated heterocycles. The molecule has 1 aromatic carbocycles. The summed E-state index contributed by atoms with van der Waals surface area (Å²) in [6.45, 7) is 5.82. The van der Waals surface area contributed by atoms with E-state index in [-0.39, 0.29) is 29.5 Å². The summed E-state index contributed by atoms with van der Waals surface area (Å²) in [5.41, 5.74) is 2.57. The van der Waals surface area contributed by atoms with Crippen LogP contribution in [0.1, 0.15) is 43.0 Å². The predicted molar refractivity (Wildman–Crippen MR) is 113 cm³/mol. The molecular weight excluding hydrogens is 406 g/mol. The number of hydrogen-bond donors (Lipinski definition) is 1. The van der Waals surface area contributed by atoms with Crippen molar-refractivity contribution >= 4 is 23.3 Å². The number of rotatable bonds is 5. The Morgan fingerprint density at radius 1 is 1.23 bits per heavy atom. The standard InChI is InChI=1S/C21H22ClN5O3/c1-11(2)30-20-13(6-5-7-15(20)29-4)14-10-18(28)23-21-19(14)12(3)26-27(21)17-9-8-16(22)24-25-17/h5-9,11,14H,10H2,1-4H3,(H,23,28)/t14-/m1/s1. The molecule has 0 fully saturated rings. The number of aromatic nitrogens is 4. The fraction of sp³-hybridized carbons (Fsp3) is 0.333. The molecule has 0 radical (unpaired) electrons. The molecule has 2 aromatic heterocycles. The summed E-state index contributed by atoms with van der Waals surface area (Å²) in [5, 5.41) is 15.8. The number of carbonyl (C=O) groups excluding carboxylic acids is 1. The zero-order chi connectivity index (χ0) is 21.4. The second-order valence-electron chi connectivity index (χ2n) is 7.32. The van der Waals surface area contributed by atoms with Gasteiger partial charge in [0.1, 0.15) is 5.82 Å². The van der Waals surface area contributed by atoms with E-state index in [4.69, 9.17) is 21.1 Å². The van der Waals surface area contributed by atoms with E-state index in [0.717, 1.165) is 16.8 Å². The summed E-state index contributed by atoms with van der Waals surface area (Å²) < 4.78 is 13.2. The van der Waals surface area contributed by atoms with Crippen LogP contribution in [0.5, 0.6) is 11.5 Å². The Kier molecular flexibility index (Phi) is 5.34. The van der Waals surface area contributed by atoms with E-state index in [1.807, 2.05) is 39.0 Å². The highest BCUT2D eigenvalue weighted by Crippen LogP contribution is 2.45. The van der Waals surface area contributed by atoms with Gasteiger partial charge in [-0.05, 0) is 39.0 Å². The summed E-state index contributed by atoms with van der Waals surface area (Å²) in [6, 6.07) is 9.05. The van der Waals surface area contributed by atoms with Gasteiger partial charge >= 0.3 is 0 Å². The van der Waals surface area contributed by atoms with Crippen molar-refractivity contribution in [3.63, 3.8) is 0 Å².